The quantitative estimate of drug-likeness (QED) is 0.391. The molecule has 10 nitrogen and oxygen atoms in total. The molecule has 1 heterocycles. The lowest BCUT2D eigenvalue weighted by Crippen LogP contribution is -2.56. The van der Waals surface area contributed by atoms with Gasteiger partial charge >= 0.3 is 6.09 Å². The summed E-state index contributed by atoms with van der Waals surface area (Å²) in [6.07, 6.45) is 0.571. The zero-order valence-corrected chi connectivity index (χ0v) is 22.8. The molecule has 1 fully saturated rings. The van der Waals surface area contributed by atoms with Crippen LogP contribution in [-0.2, 0) is 30.3 Å². The summed E-state index contributed by atoms with van der Waals surface area (Å²) in [5.74, 6) is -2.04. The van der Waals surface area contributed by atoms with Gasteiger partial charge in [-0.3, -0.25) is 19.2 Å². The Morgan fingerprint density at radius 3 is 2.27 bits per heavy atom. The van der Waals surface area contributed by atoms with Crippen molar-refractivity contribution in [3.05, 3.63) is 35.9 Å². The molecule has 1 aromatic rings. The van der Waals surface area contributed by atoms with Crippen LogP contribution < -0.4 is 16.0 Å². The van der Waals surface area contributed by atoms with Gasteiger partial charge in [0.15, 0.2) is 5.78 Å². The Morgan fingerprint density at radius 1 is 1.03 bits per heavy atom. The number of carbonyl (C=O) groups is 5. The number of amides is 4. The van der Waals surface area contributed by atoms with Crippen LogP contribution in [0.1, 0.15) is 53.0 Å². The molecule has 0 aliphatic carbocycles. The highest BCUT2D eigenvalue weighted by Crippen LogP contribution is 2.19. The number of carbonyl (C=O) groups excluding carboxylic acids is 5. The van der Waals surface area contributed by atoms with Crippen LogP contribution in [0.2, 0.25) is 0 Å². The fourth-order valence-corrected chi connectivity index (χ4v) is 4.14. The van der Waals surface area contributed by atoms with Gasteiger partial charge in [0, 0.05) is 6.54 Å². The first-order chi connectivity index (χ1) is 17.3. The molecule has 1 saturated heterocycles. The maximum atomic E-state index is 13.0. The minimum atomic E-state index is -0.955. The number of ether oxygens (including phenoxy) is 1. The van der Waals surface area contributed by atoms with Crippen LogP contribution >= 0.6 is 11.6 Å². The Kier molecular flexibility index (Phi) is 10.9. The Labute approximate surface area is 222 Å². The second-order valence-electron chi connectivity index (χ2n) is 10.1. The molecule has 2 rings (SSSR count). The number of nitrogens with one attached hydrogen (secondary N) is 3. The number of benzene rings is 1. The summed E-state index contributed by atoms with van der Waals surface area (Å²) < 4.78 is 5.19. The largest absolute Gasteiger partial charge is 0.444 e. The molecular weight excluding hydrogens is 500 g/mol. The molecule has 3 N–H and O–H groups in total. The maximum Gasteiger partial charge on any atom is 0.408 e. The van der Waals surface area contributed by atoms with Crippen molar-refractivity contribution in [3.8, 4) is 0 Å². The third kappa shape index (κ3) is 9.35. The monoisotopic (exact) mass is 536 g/mol. The van der Waals surface area contributed by atoms with Gasteiger partial charge in [0.25, 0.3) is 0 Å². The summed E-state index contributed by atoms with van der Waals surface area (Å²) in [6.45, 7) is 8.52. The van der Waals surface area contributed by atoms with Gasteiger partial charge in [-0.05, 0) is 59.4 Å². The first-order valence-electron chi connectivity index (χ1n) is 12.4. The standard InChI is InChI=1S/C26H37ClN4O6/c1-16(22(33)30-19(21(32)15-27)14-18-10-7-6-8-11-18)28-23(34)20-12-9-13-31(20)24(35)17(2)29-25(36)37-26(3,4)5/h6-8,10-11,16-17,19-20H,9,12-15H2,1-5H3,(H,28,34)(H,29,36)(H,30,33). The molecular formula is C26H37ClN4O6. The minimum absolute atomic E-state index is 0.257. The third-order valence-corrected chi connectivity index (χ3v) is 6.08. The number of Topliss-reactive ketones (excluding diaryl/α,β-unsaturated/α-hetero) is 1. The molecule has 4 atom stereocenters. The summed E-state index contributed by atoms with van der Waals surface area (Å²) >= 11 is 5.74. The van der Waals surface area contributed by atoms with E-state index < -0.39 is 53.6 Å². The van der Waals surface area contributed by atoms with Crippen LogP contribution in [0.5, 0.6) is 0 Å². The highest BCUT2D eigenvalue weighted by molar-refractivity contribution is 6.28. The van der Waals surface area contributed by atoms with E-state index in [2.05, 4.69) is 16.0 Å². The van der Waals surface area contributed by atoms with Crippen LogP contribution in [0.25, 0.3) is 0 Å². The van der Waals surface area contributed by atoms with E-state index >= 15 is 0 Å². The molecule has 4 unspecified atom stereocenters. The van der Waals surface area contributed by atoms with Crippen molar-refractivity contribution in [2.24, 2.45) is 0 Å². The van der Waals surface area contributed by atoms with Crippen LogP contribution in [0, 0.1) is 0 Å². The highest BCUT2D eigenvalue weighted by Gasteiger charge is 2.37. The van der Waals surface area contributed by atoms with E-state index in [4.69, 9.17) is 16.3 Å². The van der Waals surface area contributed by atoms with Crippen LogP contribution in [0.3, 0.4) is 0 Å². The number of hydrogen-bond acceptors (Lipinski definition) is 6. The number of likely N-dealkylation sites (tertiary alicyclic amines) is 1. The average molecular weight is 537 g/mol. The first-order valence-corrected chi connectivity index (χ1v) is 12.9. The predicted molar refractivity (Wildman–Crippen MR) is 139 cm³/mol. The summed E-state index contributed by atoms with van der Waals surface area (Å²) in [5, 5.41) is 7.82. The van der Waals surface area contributed by atoms with E-state index in [-0.39, 0.29) is 18.1 Å². The zero-order valence-electron chi connectivity index (χ0n) is 22.0. The molecule has 4 amide bonds. The topological polar surface area (TPSA) is 134 Å². The molecule has 0 saturated carbocycles. The molecule has 37 heavy (non-hydrogen) atoms. The predicted octanol–water partition coefficient (Wildman–Crippen LogP) is 1.93. The van der Waals surface area contributed by atoms with E-state index in [1.165, 1.54) is 18.7 Å². The Morgan fingerprint density at radius 2 is 1.68 bits per heavy atom. The van der Waals surface area contributed by atoms with Crippen LogP contribution in [-0.4, -0.2) is 76.7 Å². The van der Waals surface area contributed by atoms with E-state index in [0.29, 0.717) is 19.4 Å². The Hall–Kier alpha value is -3.14. The van der Waals surface area contributed by atoms with Crippen molar-refractivity contribution in [2.45, 2.75) is 83.6 Å². The fourth-order valence-electron chi connectivity index (χ4n) is 3.96. The van der Waals surface area contributed by atoms with Gasteiger partial charge in [0.05, 0.1) is 11.9 Å². The van der Waals surface area contributed by atoms with Gasteiger partial charge in [-0.15, -0.1) is 11.6 Å². The van der Waals surface area contributed by atoms with Crippen molar-refractivity contribution in [1.29, 1.82) is 0 Å². The van der Waals surface area contributed by atoms with Crippen LogP contribution in [0.15, 0.2) is 30.3 Å². The minimum Gasteiger partial charge on any atom is -0.444 e. The molecule has 0 spiro atoms. The average Bonchev–Trinajstić information content (AvgIpc) is 3.32. The van der Waals surface area contributed by atoms with E-state index in [1.807, 2.05) is 30.3 Å². The van der Waals surface area contributed by atoms with Crippen molar-refractivity contribution in [1.82, 2.24) is 20.9 Å². The maximum absolute atomic E-state index is 13.0. The van der Waals surface area contributed by atoms with E-state index in [0.717, 1.165) is 5.56 Å². The molecule has 0 radical (unpaired) electrons. The Bertz CT molecular complexity index is 981. The number of hydrogen-bond donors (Lipinski definition) is 3. The van der Waals surface area contributed by atoms with Gasteiger partial charge in [-0.25, -0.2) is 4.79 Å². The SMILES string of the molecule is CC(NC(=O)C1CCCN1C(=O)C(C)NC(=O)OC(C)(C)C)C(=O)NC(Cc1ccccc1)C(=O)CCl. The second kappa shape index (κ2) is 13.4. The normalized spacial score (nSPS) is 17.8. The molecule has 204 valence electrons. The van der Waals surface area contributed by atoms with Gasteiger partial charge in [0.1, 0.15) is 23.7 Å². The van der Waals surface area contributed by atoms with Crippen molar-refractivity contribution < 1.29 is 28.7 Å². The first kappa shape index (κ1) is 30.1. The smallest absolute Gasteiger partial charge is 0.408 e. The molecule has 1 aliphatic heterocycles. The fraction of sp³-hybridized carbons (Fsp3) is 0.577. The lowest BCUT2D eigenvalue weighted by atomic mass is 10.0. The number of nitrogens with zero attached hydrogens (tertiary/aromatic N) is 1. The zero-order chi connectivity index (χ0) is 27.8. The van der Waals surface area contributed by atoms with Gasteiger partial charge in [-0.1, -0.05) is 30.3 Å². The number of rotatable bonds is 10. The molecule has 0 bridgehead atoms. The van der Waals surface area contributed by atoms with Crippen molar-refractivity contribution in [2.75, 3.05) is 12.4 Å². The van der Waals surface area contributed by atoms with Gasteiger partial charge in [0.2, 0.25) is 17.7 Å². The van der Waals surface area contributed by atoms with Gasteiger partial charge < -0.3 is 25.6 Å². The Balaban J connectivity index is 1.97. The molecule has 1 aliphatic rings. The summed E-state index contributed by atoms with van der Waals surface area (Å²) in [6, 6.07) is 5.73. The highest BCUT2D eigenvalue weighted by atomic mass is 35.5. The lowest BCUT2D eigenvalue weighted by molar-refractivity contribution is -0.140. The lowest BCUT2D eigenvalue weighted by Gasteiger charge is -2.29. The number of ketones is 1. The second-order valence-corrected chi connectivity index (χ2v) is 10.4. The molecule has 0 aromatic heterocycles. The van der Waals surface area contributed by atoms with Crippen molar-refractivity contribution >= 4 is 41.2 Å². The summed E-state index contributed by atoms with van der Waals surface area (Å²) in [5.41, 5.74) is 0.144. The van der Waals surface area contributed by atoms with E-state index in [1.54, 1.807) is 20.8 Å². The number of halogens is 1. The number of alkyl halides is 1. The summed E-state index contributed by atoms with van der Waals surface area (Å²) in [7, 11) is 0. The molecule has 11 heteroatoms. The third-order valence-electron chi connectivity index (χ3n) is 5.81. The number of alkyl carbamates (subject to hydrolysis) is 1. The summed E-state index contributed by atoms with van der Waals surface area (Å²) in [4.78, 5) is 64.5. The van der Waals surface area contributed by atoms with Crippen LogP contribution in [0.4, 0.5) is 4.79 Å². The van der Waals surface area contributed by atoms with Crippen molar-refractivity contribution in [3.63, 3.8) is 0 Å². The molecule has 1 aromatic carbocycles. The van der Waals surface area contributed by atoms with E-state index in [9.17, 15) is 24.0 Å². The van der Waals surface area contributed by atoms with Gasteiger partial charge in [-0.2, -0.15) is 0 Å².